The Morgan fingerprint density at radius 2 is 1.68 bits per heavy atom. The smallest absolute Gasteiger partial charge is 0.407 e. The third-order valence-corrected chi connectivity index (χ3v) is 4.66. The largest absolute Gasteiger partial charge is 0.461 e. The van der Waals surface area contributed by atoms with Crippen LogP contribution in [-0.4, -0.2) is 43.0 Å². The highest BCUT2D eigenvalue weighted by Gasteiger charge is 2.29. The number of ether oxygens (including phenoxy) is 2. The number of amides is 1. The number of carbonyl (C=O) groups excluding carboxylic acids is 2. The number of carbonyl (C=O) groups is 2. The molecule has 0 saturated heterocycles. The summed E-state index contributed by atoms with van der Waals surface area (Å²) in [6.45, 7) is 3.31. The zero-order valence-electron chi connectivity index (χ0n) is 15.5. The van der Waals surface area contributed by atoms with Crippen molar-refractivity contribution in [3.8, 4) is 11.1 Å². The second-order valence-corrected chi connectivity index (χ2v) is 6.53. The van der Waals surface area contributed by atoms with E-state index in [0.29, 0.717) is 0 Å². The fourth-order valence-corrected chi connectivity index (χ4v) is 3.38. The highest BCUT2D eigenvalue weighted by atomic mass is 16.5. The van der Waals surface area contributed by atoms with Crippen molar-refractivity contribution in [1.82, 2.24) is 5.32 Å². The zero-order valence-corrected chi connectivity index (χ0v) is 15.5. The van der Waals surface area contributed by atoms with E-state index >= 15 is 0 Å². The summed E-state index contributed by atoms with van der Waals surface area (Å²) >= 11 is 0. The van der Waals surface area contributed by atoms with Crippen LogP contribution in [0.15, 0.2) is 61.2 Å². The predicted molar refractivity (Wildman–Crippen MR) is 105 cm³/mol. The maximum atomic E-state index is 12.2. The Balaban J connectivity index is 1.60. The summed E-state index contributed by atoms with van der Waals surface area (Å²) in [6.07, 6.45) is 0.622. The number of esters is 1. The normalized spacial score (nSPS) is 13.2. The highest BCUT2D eigenvalue weighted by Crippen LogP contribution is 2.44. The van der Waals surface area contributed by atoms with Crippen LogP contribution in [0.3, 0.4) is 0 Å². The lowest BCUT2D eigenvalue weighted by molar-refractivity contribution is -0.143. The van der Waals surface area contributed by atoms with Crippen molar-refractivity contribution in [3.63, 3.8) is 0 Å². The first-order valence-corrected chi connectivity index (χ1v) is 9.13. The number of fused-ring (bicyclic) bond motifs is 3. The minimum absolute atomic E-state index is 0.0525. The van der Waals surface area contributed by atoms with Crippen LogP contribution < -0.4 is 5.32 Å². The molecule has 0 aliphatic heterocycles. The first-order chi connectivity index (χ1) is 13.6. The van der Waals surface area contributed by atoms with Gasteiger partial charge in [0, 0.05) is 5.92 Å². The lowest BCUT2D eigenvalue weighted by Crippen LogP contribution is -2.40. The zero-order chi connectivity index (χ0) is 19.9. The number of aliphatic hydroxyl groups excluding tert-OH is 1. The molecule has 2 aromatic rings. The molecule has 2 aromatic carbocycles. The maximum absolute atomic E-state index is 12.2. The van der Waals surface area contributed by atoms with Gasteiger partial charge in [0.25, 0.3) is 0 Å². The molecule has 146 valence electrons. The molecule has 3 rings (SSSR count). The Morgan fingerprint density at radius 3 is 2.25 bits per heavy atom. The molecule has 0 fully saturated rings. The molecule has 0 bridgehead atoms. The van der Waals surface area contributed by atoms with Crippen molar-refractivity contribution >= 4 is 12.1 Å². The number of hydrogen-bond donors (Lipinski definition) is 2. The Bertz CT molecular complexity index is 818. The molecule has 28 heavy (non-hydrogen) atoms. The number of hydrogen-bond acceptors (Lipinski definition) is 5. The first-order valence-electron chi connectivity index (χ1n) is 9.13. The van der Waals surface area contributed by atoms with E-state index in [2.05, 4.69) is 24.0 Å². The number of alkyl carbamates (subject to hydrolysis) is 1. The van der Waals surface area contributed by atoms with Gasteiger partial charge in [-0.1, -0.05) is 61.2 Å². The SMILES string of the molecule is C=CCOC(=O)C[C@@H](CO)NC(=O)OCC1c2ccccc2-c2ccccc21. The average Bonchev–Trinajstić information content (AvgIpc) is 3.04. The second-order valence-electron chi connectivity index (χ2n) is 6.53. The van der Waals surface area contributed by atoms with Gasteiger partial charge in [-0.3, -0.25) is 4.79 Å². The molecule has 0 aromatic heterocycles. The molecule has 2 N–H and O–H groups in total. The van der Waals surface area contributed by atoms with Gasteiger partial charge in [0.05, 0.1) is 19.1 Å². The van der Waals surface area contributed by atoms with Crippen LogP contribution in [0, 0.1) is 0 Å². The molecule has 1 amide bonds. The third-order valence-electron chi connectivity index (χ3n) is 4.66. The molecule has 0 radical (unpaired) electrons. The summed E-state index contributed by atoms with van der Waals surface area (Å²) in [5, 5.41) is 11.9. The molecule has 1 atom stereocenters. The lowest BCUT2D eigenvalue weighted by Gasteiger charge is -2.18. The van der Waals surface area contributed by atoms with E-state index in [1.807, 2.05) is 36.4 Å². The molecule has 1 aliphatic rings. The fraction of sp³-hybridized carbons (Fsp3) is 0.273. The minimum Gasteiger partial charge on any atom is -0.461 e. The van der Waals surface area contributed by atoms with Gasteiger partial charge in [-0.25, -0.2) is 4.79 Å². The van der Waals surface area contributed by atoms with Gasteiger partial charge in [0.2, 0.25) is 0 Å². The molecular formula is C22H23NO5. The minimum atomic E-state index is -0.770. The van der Waals surface area contributed by atoms with Gasteiger partial charge < -0.3 is 19.9 Å². The molecular weight excluding hydrogens is 358 g/mol. The molecule has 0 spiro atoms. The van der Waals surface area contributed by atoms with E-state index in [-0.39, 0.29) is 25.6 Å². The van der Waals surface area contributed by atoms with E-state index in [1.165, 1.54) is 6.08 Å². The molecule has 1 aliphatic carbocycles. The van der Waals surface area contributed by atoms with E-state index in [4.69, 9.17) is 9.47 Å². The van der Waals surface area contributed by atoms with Crippen LogP contribution >= 0.6 is 0 Å². The summed E-state index contributed by atoms with van der Waals surface area (Å²) in [5.74, 6) is -0.582. The summed E-state index contributed by atoms with van der Waals surface area (Å²) in [7, 11) is 0. The number of rotatable bonds is 8. The quantitative estimate of drug-likeness (QED) is 0.542. The lowest BCUT2D eigenvalue weighted by atomic mass is 9.98. The van der Waals surface area contributed by atoms with E-state index in [0.717, 1.165) is 22.3 Å². The summed E-state index contributed by atoms with van der Waals surface area (Å²) in [5.41, 5.74) is 4.52. The first kappa shape index (κ1) is 19.6. The molecule has 0 saturated carbocycles. The van der Waals surface area contributed by atoms with Crippen LogP contribution in [0.5, 0.6) is 0 Å². The van der Waals surface area contributed by atoms with Gasteiger partial charge in [0.15, 0.2) is 0 Å². The Morgan fingerprint density at radius 1 is 1.07 bits per heavy atom. The van der Waals surface area contributed by atoms with E-state index < -0.39 is 24.7 Å². The Labute approximate surface area is 163 Å². The van der Waals surface area contributed by atoms with E-state index in [9.17, 15) is 14.7 Å². The Kier molecular flexibility index (Phi) is 6.45. The van der Waals surface area contributed by atoms with Crippen molar-refractivity contribution in [1.29, 1.82) is 0 Å². The Hall–Kier alpha value is -3.12. The molecule has 6 heteroatoms. The number of aliphatic hydroxyl groups is 1. The van der Waals surface area contributed by atoms with E-state index in [1.54, 1.807) is 0 Å². The van der Waals surface area contributed by atoms with Gasteiger partial charge in [0.1, 0.15) is 13.2 Å². The number of nitrogens with one attached hydrogen (secondary N) is 1. The van der Waals surface area contributed by atoms with Gasteiger partial charge in [-0.15, -0.1) is 0 Å². The van der Waals surface area contributed by atoms with Crippen molar-refractivity contribution in [2.75, 3.05) is 19.8 Å². The summed E-state index contributed by atoms with van der Waals surface area (Å²) in [6, 6.07) is 15.3. The average molecular weight is 381 g/mol. The molecule has 0 unspecified atom stereocenters. The van der Waals surface area contributed by atoms with Crippen LogP contribution in [0.1, 0.15) is 23.5 Å². The molecule has 6 nitrogen and oxygen atoms in total. The van der Waals surface area contributed by atoms with Crippen molar-refractivity contribution in [2.45, 2.75) is 18.4 Å². The van der Waals surface area contributed by atoms with Gasteiger partial charge >= 0.3 is 12.1 Å². The number of benzene rings is 2. The highest BCUT2D eigenvalue weighted by molar-refractivity contribution is 5.79. The van der Waals surface area contributed by atoms with Crippen LogP contribution in [0.4, 0.5) is 4.79 Å². The topological polar surface area (TPSA) is 84.9 Å². The predicted octanol–water partition coefficient (Wildman–Crippen LogP) is 3.01. The maximum Gasteiger partial charge on any atom is 0.407 e. The fourth-order valence-electron chi connectivity index (χ4n) is 3.38. The van der Waals surface area contributed by atoms with Crippen molar-refractivity contribution in [3.05, 3.63) is 72.3 Å². The molecule has 0 heterocycles. The standard InChI is InChI=1S/C22H23NO5/c1-2-11-27-21(25)12-15(13-24)23-22(26)28-14-20-18-9-5-3-7-16(18)17-8-4-6-10-19(17)20/h2-10,15,20,24H,1,11-14H2,(H,23,26)/t15-/m0/s1. The van der Waals surface area contributed by atoms with Crippen molar-refractivity contribution in [2.24, 2.45) is 0 Å². The summed E-state index contributed by atoms with van der Waals surface area (Å²) < 4.78 is 10.3. The van der Waals surface area contributed by atoms with Crippen LogP contribution in [-0.2, 0) is 14.3 Å². The van der Waals surface area contributed by atoms with Gasteiger partial charge in [-0.2, -0.15) is 0 Å². The summed E-state index contributed by atoms with van der Waals surface area (Å²) in [4.78, 5) is 23.8. The van der Waals surface area contributed by atoms with Crippen LogP contribution in [0.2, 0.25) is 0 Å². The monoisotopic (exact) mass is 381 g/mol. The second kappa shape index (κ2) is 9.19. The van der Waals surface area contributed by atoms with Crippen LogP contribution in [0.25, 0.3) is 11.1 Å². The van der Waals surface area contributed by atoms with Gasteiger partial charge in [-0.05, 0) is 22.3 Å². The third kappa shape index (κ3) is 4.40. The van der Waals surface area contributed by atoms with Crippen molar-refractivity contribution < 1.29 is 24.2 Å².